The Kier molecular flexibility index (Phi) is 4.64. The summed E-state index contributed by atoms with van der Waals surface area (Å²) in [5.41, 5.74) is 2.54. The van der Waals surface area contributed by atoms with Crippen molar-refractivity contribution in [3.05, 3.63) is 34.4 Å². The van der Waals surface area contributed by atoms with Gasteiger partial charge in [0, 0.05) is 35.8 Å². The number of carbonyl (C=O) groups is 1. The minimum absolute atomic E-state index is 0.287. The van der Waals surface area contributed by atoms with Gasteiger partial charge in [0.1, 0.15) is 11.8 Å². The van der Waals surface area contributed by atoms with Crippen LogP contribution in [-0.4, -0.2) is 25.0 Å². The molecule has 0 radical (unpaired) electrons. The zero-order chi connectivity index (χ0) is 15.6. The summed E-state index contributed by atoms with van der Waals surface area (Å²) >= 11 is 3.57. The minimum atomic E-state index is -0.502. The van der Waals surface area contributed by atoms with E-state index in [1.807, 2.05) is 51.4 Å². The number of quaternary nitrogens is 1. The van der Waals surface area contributed by atoms with Crippen molar-refractivity contribution < 1.29 is 14.4 Å². The predicted molar refractivity (Wildman–Crippen MR) is 88.0 cm³/mol. The lowest BCUT2D eigenvalue weighted by Gasteiger charge is -2.20. The van der Waals surface area contributed by atoms with Gasteiger partial charge in [-0.15, -0.1) is 0 Å². The monoisotopic (exact) mass is 351 g/mol. The molecule has 0 saturated carbocycles. The molecule has 0 aliphatic carbocycles. The van der Waals surface area contributed by atoms with Gasteiger partial charge in [0.15, 0.2) is 5.69 Å². The van der Waals surface area contributed by atoms with Crippen LogP contribution in [-0.2, 0) is 4.74 Å². The van der Waals surface area contributed by atoms with Crippen molar-refractivity contribution in [1.82, 2.24) is 0 Å². The quantitative estimate of drug-likeness (QED) is 0.830. The van der Waals surface area contributed by atoms with Crippen LogP contribution in [0.1, 0.15) is 32.8 Å². The first-order valence-corrected chi connectivity index (χ1v) is 7.63. The molecule has 0 saturated heterocycles. The molecular weight excluding hydrogens is 332 g/mol. The molecule has 2 rings (SSSR count). The Morgan fingerprint density at radius 3 is 2.76 bits per heavy atom. The molecule has 1 amide bonds. The molecule has 1 aromatic rings. The highest BCUT2D eigenvalue weighted by atomic mass is 79.9. The molecule has 1 heterocycles. The zero-order valence-electron chi connectivity index (χ0n) is 12.7. The van der Waals surface area contributed by atoms with Gasteiger partial charge in [-0.25, -0.2) is 0 Å². The lowest BCUT2D eigenvalue weighted by atomic mass is 10.1. The second-order valence-electron chi connectivity index (χ2n) is 5.89. The molecule has 1 atom stereocenters. The van der Waals surface area contributed by atoms with Crippen LogP contribution in [0.2, 0.25) is 0 Å². The van der Waals surface area contributed by atoms with Crippen molar-refractivity contribution in [2.45, 2.75) is 32.8 Å². The van der Waals surface area contributed by atoms with E-state index in [1.54, 1.807) is 7.05 Å². The Morgan fingerprint density at radius 2 is 2.14 bits per heavy atom. The number of allylic oxidation sites excluding steroid dienone is 1. The largest absolute Gasteiger partial charge is 0.524 e. The summed E-state index contributed by atoms with van der Waals surface area (Å²) in [4.78, 5) is 17.0. The number of halogens is 1. The summed E-state index contributed by atoms with van der Waals surface area (Å²) in [7, 11) is 1.74. The molecular formula is C16H20BrN2O2+. The molecule has 0 bridgehead atoms. The fourth-order valence-electron chi connectivity index (χ4n) is 2.25. The molecule has 1 aliphatic heterocycles. The fourth-order valence-corrected chi connectivity index (χ4v) is 2.87. The van der Waals surface area contributed by atoms with Gasteiger partial charge >= 0.3 is 6.09 Å². The van der Waals surface area contributed by atoms with Crippen LogP contribution < -0.4 is 4.90 Å². The molecule has 1 N–H and O–H groups in total. The van der Waals surface area contributed by atoms with Crippen molar-refractivity contribution in [3.63, 3.8) is 0 Å². The van der Waals surface area contributed by atoms with Gasteiger partial charge < -0.3 is 9.73 Å². The van der Waals surface area contributed by atoms with Crippen LogP contribution in [0.15, 0.2) is 33.9 Å². The summed E-state index contributed by atoms with van der Waals surface area (Å²) in [6.45, 7) is 5.61. The summed E-state index contributed by atoms with van der Waals surface area (Å²) in [6, 6.07) is 5.86. The van der Waals surface area contributed by atoms with Gasteiger partial charge in [-0.05, 0) is 42.8 Å². The van der Waals surface area contributed by atoms with Gasteiger partial charge in [0.2, 0.25) is 0 Å². The average molecular weight is 352 g/mol. The minimum Gasteiger partial charge on any atom is -0.414 e. The van der Waals surface area contributed by atoms with E-state index < -0.39 is 5.60 Å². The molecule has 1 aromatic carbocycles. The second kappa shape index (κ2) is 6.12. The first-order valence-electron chi connectivity index (χ1n) is 6.84. The van der Waals surface area contributed by atoms with Crippen molar-refractivity contribution in [1.29, 1.82) is 0 Å². The molecule has 0 aromatic heterocycles. The van der Waals surface area contributed by atoms with Gasteiger partial charge in [-0.3, -0.25) is 0 Å². The van der Waals surface area contributed by atoms with Crippen LogP contribution in [0.3, 0.4) is 0 Å². The van der Waals surface area contributed by atoms with Crippen molar-refractivity contribution in [2.24, 2.45) is 4.99 Å². The summed E-state index contributed by atoms with van der Waals surface area (Å²) in [5, 5.41) is 0. The van der Waals surface area contributed by atoms with Crippen LogP contribution in [0.4, 0.5) is 10.5 Å². The van der Waals surface area contributed by atoms with E-state index in [9.17, 15) is 4.79 Å². The number of benzene rings is 1. The van der Waals surface area contributed by atoms with E-state index >= 15 is 0 Å². The molecule has 1 unspecified atom stereocenters. The van der Waals surface area contributed by atoms with Crippen LogP contribution in [0, 0.1) is 0 Å². The van der Waals surface area contributed by atoms with E-state index in [2.05, 4.69) is 20.9 Å². The number of hydrogen-bond donors (Lipinski definition) is 1. The van der Waals surface area contributed by atoms with Crippen LogP contribution in [0.25, 0.3) is 5.57 Å². The molecule has 1 aliphatic rings. The molecule has 21 heavy (non-hydrogen) atoms. The number of nitrogens with one attached hydrogen (secondary N) is 1. The Morgan fingerprint density at radius 1 is 1.43 bits per heavy atom. The number of alkyl carbamates (subject to hydrolysis) is 1. The number of aliphatic imine (C=N–C) groups is 1. The van der Waals surface area contributed by atoms with Gasteiger partial charge in [-0.1, -0.05) is 6.07 Å². The summed E-state index contributed by atoms with van der Waals surface area (Å²) in [5.74, 6) is 0. The first-order chi connectivity index (χ1) is 9.83. The van der Waals surface area contributed by atoms with E-state index in [0.717, 1.165) is 21.3 Å². The van der Waals surface area contributed by atoms with E-state index in [-0.39, 0.29) is 6.09 Å². The Bertz CT molecular complexity index is 615. The number of nitrogens with zero attached hydrogens (tertiary/aromatic N) is 1. The molecule has 0 fully saturated rings. The SMILES string of the molecule is CN=CCC1=C[NH+](C(=O)OC(C)(C)C)c2cccc(Br)c21. The maximum absolute atomic E-state index is 12.4. The zero-order valence-corrected chi connectivity index (χ0v) is 14.3. The summed E-state index contributed by atoms with van der Waals surface area (Å²) in [6.07, 6.45) is 4.15. The lowest BCUT2D eigenvalue weighted by molar-refractivity contribution is -0.689. The number of amides is 1. The highest BCUT2D eigenvalue weighted by molar-refractivity contribution is 9.10. The highest BCUT2D eigenvalue weighted by Crippen LogP contribution is 2.34. The molecule has 4 nitrogen and oxygen atoms in total. The Balaban J connectivity index is 2.38. The Labute approximate surface area is 133 Å². The smallest absolute Gasteiger partial charge is 0.414 e. The van der Waals surface area contributed by atoms with Crippen molar-refractivity contribution in [2.75, 3.05) is 7.05 Å². The van der Waals surface area contributed by atoms with E-state index in [4.69, 9.17) is 4.74 Å². The lowest BCUT2D eigenvalue weighted by Crippen LogP contribution is -3.05. The number of fused-ring (bicyclic) bond motifs is 1. The average Bonchev–Trinajstić information content (AvgIpc) is 2.74. The van der Waals surface area contributed by atoms with Crippen molar-refractivity contribution >= 4 is 39.5 Å². The third kappa shape index (κ3) is 3.60. The van der Waals surface area contributed by atoms with Gasteiger partial charge in [-0.2, -0.15) is 9.69 Å². The van der Waals surface area contributed by atoms with Crippen LogP contribution in [0.5, 0.6) is 0 Å². The number of ether oxygens (including phenoxy) is 1. The number of rotatable bonds is 2. The third-order valence-corrected chi connectivity index (χ3v) is 3.72. The molecule has 5 heteroatoms. The molecule has 0 spiro atoms. The Hall–Kier alpha value is -1.46. The van der Waals surface area contributed by atoms with Gasteiger partial charge in [0.05, 0.1) is 5.56 Å². The third-order valence-electron chi connectivity index (χ3n) is 3.06. The van der Waals surface area contributed by atoms with E-state index in [0.29, 0.717) is 11.3 Å². The van der Waals surface area contributed by atoms with Crippen molar-refractivity contribution in [3.8, 4) is 0 Å². The van der Waals surface area contributed by atoms with Gasteiger partial charge in [0.25, 0.3) is 0 Å². The maximum atomic E-state index is 12.4. The predicted octanol–water partition coefficient (Wildman–Crippen LogP) is 3.35. The maximum Gasteiger partial charge on any atom is 0.524 e. The topological polar surface area (TPSA) is 43.1 Å². The summed E-state index contributed by atoms with van der Waals surface area (Å²) < 4.78 is 6.48. The number of carbonyl (C=O) groups excluding carboxylic acids is 1. The number of hydrogen-bond acceptors (Lipinski definition) is 3. The fraction of sp³-hybridized carbons (Fsp3) is 0.375. The normalized spacial score (nSPS) is 17.8. The highest BCUT2D eigenvalue weighted by Gasteiger charge is 2.36. The second-order valence-corrected chi connectivity index (χ2v) is 6.75. The standard InChI is InChI=1S/C16H19BrN2O2/c1-16(2,3)21-15(20)19-10-11(8-9-18-4)14-12(17)6-5-7-13(14)19/h5-7,9-10H,8H2,1-4H3/p+1. The first kappa shape index (κ1) is 15.9. The molecule has 112 valence electrons. The van der Waals surface area contributed by atoms with E-state index in [1.165, 1.54) is 0 Å². The van der Waals surface area contributed by atoms with Crippen LogP contribution >= 0.6 is 15.9 Å².